The van der Waals surface area contributed by atoms with Gasteiger partial charge in [-0.05, 0) is 10.4 Å². The van der Waals surface area contributed by atoms with Gasteiger partial charge >= 0.3 is 5.69 Å². The summed E-state index contributed by atoms with van der Waals surface area (Å²) >= 11 is 1.18. The minimum Gasteiger partial charge on any atom is -0.463 e. The highest BCUT2D eigenvalue weighted by Gasteiger charge is 2.18. The predicted molar refractivity (Wildman–Crippen MR) is 60.9 cm³/mol. The second-order valence-electron chi connectivity index (χ2n) is 3.35. The van der Waals surface area contributed by atoms with Crippen LogP contribution in [-0.4, -0.2) is 35.1 Å². The zero-order valence-electron chi connectivity index (χ0n) is 10.5. The number of rotatable bonds is 4. The third-order valence-corrected chi connectivity index (χ3v) is 2.78. The number of hydrogen-bond acceptors (Lipinski definition) is 9. The first-order valence-electron chi connectivity index (χ1n) is 5.50. The van der Waals surface area contributed by atoms with Gasteiger partial charge < -0.3 is 9.26 Å². The first-order valence-corrected chi connectivity index (χ1v) is 5.88. The number of ether oxygens (including phenoxy) is 1. The summed E-state index contributed by atoms with van der Waals surface area (Å²) in [4.78, 5) is 15.5. The highest BCUT2D eigenvalue weighted by atomic mass is 32.1. The van der Waals surface area contributed by atoms with Crippen molar-refractivity contribution < 1.29 is 10.6 Å². The van der Waals surface area contributed by atoms with Gasteiger partial charge in [0.05, 0.1) is 1.37 Å². The van der Waals surface area contributed by atoms with Gasteiger partial charge in [0.2, 0.25) is 0 Å². The molecule has 3 aromatic heterocycles. The van der Waals surface area contributed by atoms with Crippen LogP contribution in [0.1, 0.15) is 7.06 Å². The standard InChI is InChI=1S/C8H7N7O3S/c1-14-8(16)15(12-11-14)6-5(10-13-18-6)4-17-7-9-2-3-19-7/h2-3H,4H2,1H3/i2T. The molecule has 0 bridgehead atoms. The largest absolute Gasteiger partial charge is 0.463 e. The van der Waals surface area contributed by atoms with Crippen LogP contribution in [0.25, 0.3) is 5.88 Å². The van der Waals surface area contributed by atoms with Crippen molar-refractivity contribution in [3.05, 3.63) is 27.7 Å². The molecule has 10 nitrogen and oxygen atoms in total. The van der Waals surface area contributed by atoms with Crippen LogP contribution in [0.15, 0.2) is 20.9 Å². The fourth-order valence-electron chi connectivity index (χ4n) is 1.27. The van der Waals surface area contributed by atoms with Crippen molar-refractivity contribution in [3.8, 4) is 11.1 Å². The number of tetrazole rings is 1. The Kier molecular flexibility index (Phi) is 2.51. The Morgan fingerprint density at radius 3 is 3.16 bits per heavy atom. The van der Waals surface area contributed by atoms with Gasteiger partial charge in [0, 0.05) is 23.9 Å². The Balaban J connectivity index is 1.83. The molecule has 3 aromatic rings. The Hall–Kier alpha value is -2.56. The van der Waals surface area contributed by atoms with Crippen LogP contribution in [0.5, 0.6) is 5.19 Å². The summed E-state index contributed by atoms with van der Waals surface area (Å²) in [5.74, 6) is 0.0331. The molecular formula is C8H7N7O3S. The van der Waals surface area contributed by atoms with E-state index in [1.807, 2.05) is 0 Å². The molecule has 0 aliphatic rings. The molecule has 11 heteroatoms. The fourth-order valence-corrected chi connectivity index (χ4v) is 1.71. The third-order valence-electron chi connectivity index (χ3n) is 2.15. The highest BCUT2D eigenvalue weighted by Crippen LogP contribution is 2.16. The molecule has 0 amide bonds. The molecule has 0 aromatic carbocycles. The second-order valence-corrected chi connectivity index (χ2v) is 4.17. The van der Waals surface area contributed by atoms with E-state index in [1.165, 1.54) is 23.8 Å². The lowest BCUT2D eigenvalue weighted by Crippen LogP contribution is -2.22. The van der Waals surface area contributed by atoms with E-state index in [0.29, 0.717) is 5.19 Å². The summed E-state index contributed by atoms with van der Waals surface area (Å²) in [5.41, 5.74) is -0.221. The van der Waals surface area contributed by atoms with Gasteiger partial charge in [-0.15, -0.1) is 9.78 Å². The van der Waals surface area contributed by atoms with E-state index < -0.39 is 5.69 Å². The molecule has 0 spiro atoms. The van der Waals surface area contributed by atoms with E-state index >= 15 is 0 Å². The number of thiazole rings is 1. The van der Waals surface area contributed by atoms with E-state index in [0.717, 1.165) is 9.36 Å². The van der Waals surface area contributed by atoms with E-state index in [1.54, 1.807) is 0 Å². The predicted octanol–water partition coefficient (Wildman–Crippen LogP) is -0.616. The third kappa shape index (κ3) is 2.10. The van der Waals surface area contributed by atoms with Crippen LogP contribution >= 0.6 is 11.3 Å². The highest BCUT2D eigenvalue weighted by molar-refractivity contribution is 7.11. The summed E-state index contributed by atoms with van der Waals surface area (Å²) in [6, 6.07) is 0. The fraction of sp³-hybridized carbons (Fsp3) is 0.250. The molecule has 0 N–H and O–H groups in total. The molecule has 3 rings (SSSR count). The van der Waals surface area contributed by atoms with Crippen LogP contribution < -0.4 is 10.4 Å². The second kappa shape index (κ2) is 4.61. The summed E-state index contributed by atoms with van der Waals surface area (Å²) in [5, 5.41) is 16.1. The minimum atomic E-state index is -0.493. The summed E-state index contributed by atoms with van der Waals surface area (Å²) in [6.45, 7) is -0.0190. The molecule has 0 unspecified atom stereocenters. The molecule has 0 saturated heterocycles. The Morgan fingerprint density at radius 1 is 1.58 bits per heavy atom. The average Bonchev–Trinajstić information content (AvgIpc) is 3.11. The molecule has 0 aliphatic carbocycles. The van der Waals surface area contributed by atoms with E-state index in [-0.39, 0.29) is 24.4 Å². The van der Waals surface area contributed by atoms with E-state index in [9.17, 15) is 4.79 Å². The van der Waals surface area contributed by atoms with Gasteiger partial charge in [0.15, 0.2) is 5.69 Å². The van der Waals surface area contributed by atoms with Crippen LogP contribution in [-0.2, 0) is 13.7 Å². The van der Waals surface area contributed by atoms with Crippen molar-refractivity contribution >= 4 is 11.3 Å². The quantitative estimate of drug-likeness (QED) is 0.622. The minimum absolute atomic E-state index is 0.0190. The zero-order valence-corrected chi connectivity index (χ0v) is 10.4. The number of hydrogen-bond donors (Lipinski definition) is 0. The molecule has 0 atom stereocenters. The molecule has 98 valence electrons. The molecule has 3 heterocycles. The SMILES string of the molecule is [3H]c1csc(OCc2nnoc2-n2nnn(C)c2=O)n1. The molecule has 0 aliphatic heterocycles. The van der Waals surface area contributed by atoms with Crippen LogP contribution in [0.4, 0.5) is 0 Å². The van der Waals surface area contributed by atoms with Crippen molar-refractivity contribution in [2.75, 3.05) is 0 Å². The normalized spacial score (nSPS) is 11.5. The van der Waals surface area contributed by atoms with Crippen LogP contribution in [0.2, 0.25) is 0 Å². The lowest BCUT2D eigenvalue weighted by Gasteiger charge is -1.98. The molecule has 19 heavy (non-hydrogen) atoms. The first-order chi connectivity index (χ1) is 9.65. The van der Waals surface area contributed by atoms with Gasteiger partial charge in [0.25, 0.3) is 11.1 Å². The number of nitrogens with zero attached hydrogens (tertiary/aromatic N) is 7. The monoisotopic (exact) mass is 283 g/mol. The van der Waals surface area contributed by atoms with Gasteiger partial charge in [0.1, 0.15) is 6.61 Å². The molecule has 0 radical (unpaired) electrons. The van der Waals surface area contributed by atoms with E-state index in [2.05, 4.69) is 25.8 Å². The number of aryl methyl sites for hydroxylation is 1. The van der Waals surface area contributed by atoms with Crippen molar-refractivity contribution in [2.24, 2.45) is 7.05 Å². The van der Waals surface area contributed by atoms with Crippen molar-refractivity contribution in [1.82, 2.24) is 35.1 Å². The lowest BCUT2D eigenvalue weighted by atomic mass is 10.5. The summed E-state index contributed by atoms with van der Waals surface area (Å²) < 4.78 is 19.5. The van der Waals surface area contributed by atoms with Gasteiger partial charge in [-0.1, -0.05) is 11.3 Å². The Bertz CT molecular complexity index is 790. The molecule has 0 fully saturated rings. The number of aromatic nitrogens is 7. The van der Waals surface area contributed by atoms with Crippen molar-refractivity contribution in [2.45, 2.75) is 6.61 Å². The van der Waals surface area contributed by atoms with Gasteiger partial charge in [-0.25, -0.2) is 9.78 Å². The molecule has 0 saturated carbocycles. The first kappa shape index (κ1) is 10.4. The lowest BCUT2D eigenvalue weighted by molar-refractivity contribution is 0.298. The molecular weight excluding hydrogens is 274 g/mol. The average molecular weight is 283 g/mol. The van der Waals surface area contributed by atoms with Crippen molar-refractivity contribution in [1.29, 1.82) is 0 Å². The van der Waals surface area contributed by atoms with Crippen molar-refractivity contribution in [3.63, 3.8) is 0 Å². The van der Waals surface area contributed by atoms with Gasteiger partial charge in [-0.2, -0.15) is 4.68 Å². The Labute approximate surface area is 110 Å². The van der Waals surface area contributed by atoms with Gasteiger partial charge in [-0.3, -0.25) is 0 Å². The zero-order chi connectivity index (χ0) is 14.1. The topological polar surface area (TPSA) is 114 Å². The summed E-state index contributed by atoms with van der Waals surface area (Å²) in [6.07, 6.45) is 0.119. The maximum absolute atomic E-state index is 11.7. The van der Waals surface area contributed by atoms with Crippen LogP contribution in [0, 0.1) is 0 Å². The Morgan fingerprint density at radius 2 is 2.47 bits per heavy atom. The van der Waals surface area contributed by atoms with Crippen LogP contribution in [0.3, 0.4) is 0 Å². The maximum Gasteiger partial charge on any atom is 0.371 e. The smallest absolute Gasteiger partial charge is 0.371 e. The van der Waals surface area contributed by atoms with E-state index in [4.69, 9.17) is 10.6 Å². The summed E-state index contributed by atoms with van der Waals surface area (Å²) in [7, 11) is 1.46. The maximum atomic E-state index is 11.7.